The molecular formula is C15H23NO5. The number of carboxylic acid groups (broad SMARTS) is 1. The highest BCUT2D eigenvalue weighted by atomic mass is 16.5. The molecule has 0 bridgehead atoms. The third-order valence-electron chi connectivity index (χ3n) is 2.80. The van der Waals surface area contributed by atoms with Gasteiger partial charge in [-0.1, -0.05) is 13.0 Å². The topological polar surface area (TPSA) is 88.0 Å². The van der Waals surface area contributed by atoms with Gasteiger partial charge in [-0.2, -0.15) is 0 Å². The Morgan fingerprint density at radius 2 is 2.05 bits per heavy atom. The number of carbonyl (C=O) groups is 1. The molecule has 1 rings (SSSR count). The van der Waals surface area contributed by atoms with Gasteiger partial charge in [0, 0.05) is 6.54 Å². The van der Waals surface area contributed by atoms with Crippen LogP contribution in [0.25, 0.3) is 0 Å². The summed E-state index contributed by atoms with van der Waals surface area (Å²) in [5.41, 5.74) is 0.863. The molecule has 1 aromatic carbocycles. The van der Waals surface area contributed by atoms with Gasteiger partial charge in [0.05, 0.1) is 19.8 Å². The number of hydrogen-bond donors (Lipinski definition) is 3. The lowest BCUT2D eigenvalue weighted by molar-refractivity contribution is -0.140. The molecule has 0 saturated heterocycles. The summed E-state index contributed by atoms with van der Waals surface area (Å²) >= 11 is 0. The summed E-state index contributed by atoms with van der Waals surface area (Å²) in [5.74, 6) is 0.242. The zero-order valence-corrected chi connectivity index (χ0v) is 12.5. The van der Waals surface area contributed by atoms with Crippen LogP contribution < -0.4 is 14.8 Å². The Morgan fingerprint density at radius 3 is 2.62 bits per heavy atom. The van der Waals surface area contributed by atoms with Crippen molar-refractivity contribution in [1.82, 2.24) is 5.32 Å². The molecule has 0 aliphatic carbocycles. The standard InChI is InChI=1S/C15H23NO5/c1-3-7-21-13-6-5-11(8-14(13)20-4-2)9-16-12(10-17)15(18)19/h5-6,8,12,16-17H,3-4,7,9-10H2,1-2H3,(H,18,19). The Kier molecular flexibility index (Phi) is 7.56. The Hall–Kier alpha value is -1.79. The van der Waals surface area contributed by atoms with Crippen molar-refractivity contribution in [3.05, 3.63) is 23.8 Å². The van der Waals surface area contributed by atoms with E-state index in [4.69, 9.17) is 19.7 Å². The second-order valence-corrected chi connectivity index (χ2v) is 4.52. The number of aliphatic carboxylic acids is 1. The van der Waals surface area contributed by atoms with E-state index in [0.717, 1.165) is 12.0 Å². The number of rotatable bonds is 10. The van der Waals surface area contributed by atoms with Gasteiger partial charge in [-0.05, 0) is 31.0 Å². The van der Waals surface area contributed by atoms with Gasteiger partial charge in [-0.15, -0.1) is 0 Å². The van der Waals surface area contributed by atoms with Crippen LogP contribution in [-0.2, 0) is 11.3 Å². The fourth-order valence-corrected chi connectivity index (χ4v) is 1.73. The minimum atomic E-state index is -1.08. The molecule has 0 fully saturated rings. The van der Waals surface area contributed by atoms with Crippen molar-refractivity contribution in [2.45, 2.75) is 32.9 Å². The lowest BCUT2D eigenvalue weighted by Gasteiger charge is -2.15. The molecule has 3 N–H and O–H groups in total. The summed E-state index contributed by atoms with van der Waals surface area (Å²) in [6, 6.07) is 4.50. The third-order valence-corrected chi connectivity index (χ3v) is 2.80. The van der Waals surface area contributed by atoms with Crippen molar-refractivity contribution in [2.24, 2.45) is 0 Å². The predicted octanol–water partition coefficient (Wildman–Crippen LogP) is 1.41. The molecule has 0 aromatic heterocycles. The van der Waals surface area contributed by atoms with Crippen LogP contribution in [0.5, 0.6) is 11.5 Å². The Labute approximate surface area is 124 Å². The maximum absolute atomic E-state index is 10.8. The van der Waals surface area contributed by atoms with Crippen LogP contribution in [0.3, 0.4) is 0 Å². The van der Waals surface area contributed by atoms with Crippen LogP contribution in [0, 0.1) is 0 Å². The number of carboxylic acids is 1. The highest BCUT2D eigenvalue weighted by Gasteiger charge is 2.15. The predicted molar refractivity (Wildman–Crippen MR) is 78.7 cm³/mol. The molecule has 1 aromatic rings. The summed E-state index contributed by atoms with van der Waals surface area (Å²) < 4.78 is 11.1. The molecule has 1 unspecified atom stereocenters. The Balaban J connectivity index is 2.75. The minimum absolute atomic E-state index is 0.325. The fourth-order valence-electron chi connectivity index (χ4n) is 1.73. The SMILES string of the molecule is CCCOc1ccc(CNC(CO)C(=O)O)cc1OCC. The first-order valence-corrected chi connectivity index (χ1v) is 7.07. The van der Waals surface area contributed by atoms with Crippen LogP contribution in [0.15, 0.2) is 18.2 Å². The van der Waals surface area contributed by atoms with Crippen LogP contribution in [0.4, 0.5) is 0 Å². The van der Waals surface area contributed by atoms with E-state index in [9.17, 15) is 4.79 Å². The van der Waals surface area contributed by atoms with Gasteiger partial charge in [0.2, 0.25) is 0 Å². The highest BCUT2D eigenvalue weighted by Crippen LogP contribution is 2.28. The van der Waals surface area contributed by atoms with Gasteiger partial charge in [-0.25, -0.2) is 0 Å². The summed E-state index contributed by atoms with van der Waals surface area (Å²) in [6.45, 7) is 4.92. The molecule has 6 heteroatoms. The Bertz CT molecular complexity index is 450. The summed E-state index contributed by atoms with van der Waals surface area (Å²) in [5, 5.41) is 20.6. The number of aliphatic hydroxyl groups excluding tert-OH is 1. The number of ether oxygens (including phenoxy) is 2. The molecule has 0 saturated carbocycles. The van der Waals surface area contributed by atoms with Crippen molar-refractivity contribution in [1.29, 1.82) is 0 Å². The van der Waals surface area contributed by atoms with Gasteiger partial charge >= 0.3 is 5.97 Å². The molecule has 0 heterocycles. The smallest absolute Gasteiger partial charge is 0.323 e. The lowest BCUT2D eigenvalue weighted by Crippen LogP contribution is -2.39. The third kappa shape index (κ3) is 5.61. The molecule has 1 atom stereocenters. The monoisotopic (exact) mass is 297 g/mol. The van der Waals surface area contributed by atoms with E-state index in [2.05, 4.69) is 5.32 Å². The molecule has 6 nitrogen and oxygen atoms in total. The average Bonchev–Trinajstić information content (AvgIpc) is 2.47. The number of aliphatic hydroxyl groups is 1. The molecule has 21 heavy (non-hydrogen) atoms. The number of benzene rings is 1. The van der Waals surface area contributed by atoms with Crippen molar-refractivity contribution in [2.75, 3.05) is 19.8 Å². The van der Waals surface area contributed by atoms with Crippen molar-refractivity contribution < 1.29 is 24.5 Å². The van der Waals surface area contributed by atoms with Crippen LogP contribution in [0.2, 0.25) is 0 Å². The molecule has 0 spiro atoms. The molecule has 118 valence electrons. The first-order valence-electron chi connectivity index (χ1n) is 7.07. The minimum Gasteiger partial charge on any atom is -0.490 e. The van der Waals surface area contributed by atoms with Crippen molar-refractivity contribution in [3.63, 3.8) is 0 Å². The van der Waals surface area contributed by atoms with E-state index < -0.39 is 18.6 Å². The normalized spacial score (nSPS) is 12.0. The van der Waals surface area contributed by atoms with Crippen molar-refractivity contribution >= 4 is 5.97 Å². The quantitative estimate of drug-likeness (QED) is 0.605. The maximum Gasteiger partial charge on any atom is 0.323 e. The largest absolute Gasteiger partial charge is 0.490 e. The van der Waals surface area contributed by atoms with E-state index in [1.807, 2.05) is 32.0 Å². The maximum atomic E-state index is 10.8. The zero-order valence-electron chi connectivity index (χ0n) is 12.5. The van der Waals surface area contributed by atoms with Crippen LogP contribution >= 0.6 is 0 Å². The van der Waals surface area contributed by atoms with Crippen molar-refractivity contribution in [3.8, 4) is 11.5 Å². The molecule has 0 amide bonds. The van der Waals surface area contributed by atoms with E-state index >= 15 is 0 Å². The fraction of sp³-hybridized carbons (Fsp3) is 0.533. The molecule has 0 radical (unpaired) electrons. The summed E-state index contributed by atoms with van der Waals surface area (Å²) in [7, 11) is 0. The average molecular weight is 297 g/mol. The van der Waals surface area contributed by atoms with Gasteiger partial charge in [0.1, 0.15) is 6.04 Å². The van der Waals surface area contributed by atoms with E-state index in [1.54, 1.807) is 0 Å². The first kappa shape index (κ1) is 17.3. The molecular weight excluding hydrogens is 274 g/mol. The van der Waals surface area contributed by atoms with Gasteiger partial charge in [-0.3, -0.25) is 10.1 Å². The van der Waals surface area contributed by atoms with E-state index in [0.29, 0.717) is 31.3 Å². The number of hydrogen-bond acceptors (Lipinski definition) is 5. The van der Waals surface area contributed by atoms with E-state index in [-0.39, 0.29) is 0 Å². The number of nitrogens with one attached hydrogen (secondary N) is 1. The van der Waals surface area contributed by atoms with Crippen LogP contribution in [-0.4, -0.2) is 42.0 Å². The van der Waals surface area contributed by atoms with Gasteiger partial charge in [0.25, 0.3) is 0 Å². The second-order valence-electron chi connectivity index (χ2n) is 4.52. The lowest BCUT2D eigenvalue weighted by atomic mass is 10.2. The second kappa shape index (κ2) is 9.20. The summed E-state index contributed by atoms with van der Waals surface area (Å²) in [6.07, 6.45) is 0.908. The van der Waals surface area contributed by atoms with Crippen LogP contribution in [0.1, 0.15) is 25.8 Å². The van der Waals surface area contributed by atoms with Gasteiger partial charge < -0.3 is 19.7 Å². The van der Waals surface area contributed by atoms with E-state index in [1.165, 1.54) is 0 Å². The first-order chi connectivity index (χ1) is 10.1. The molecule has 0 aliphatic heterocycles. The molecule has 0 aliphatic rings. The highest BCUT2D eigenvalue weighted by molar-refractivity contribution is 5.73. The Morgan fingerprint density at radius 1 is 1.29 bits per heavy atom. The zero-order chi connectivity index (χ0) is 15.7. The van der Waals surface area contributed by atoms with Gasteiger partial charge in [0.15, 0.2) is 11.5 Å². The summed E-state index contributed by atoms with van der Waals surface area (Å²) in [4.78, 5) is 10.8.